The zero-order chi connectivity index (χ0) is 11.4. The molecule has 0 bridgehead atoms. The first-order valence-electron chi connectivity index (χ1n) is 4.92. The quantitative estimate of drug-likeness (QED) is 0.447. The fourth-order valence-electron chi connectivity index (χ4n) is 1.56. The second-order valence-corrected chi connectivity index (χ2v) is 3.41. The van der Waals surface area contributed by atoms with E-state index in [0.717, 1.165) is 6.42 Å². The Labute approximate surface area is 89.8 Å². The van der Waals surface area contributed by atoms with Crippen molar-refractivity contribution in [3.8, 4) is 0 Å². The molecule has 3 nitrogen and oxygen atoms in total. The van der Waals surface area contributed by atoms with Crippen LogP contribution in [0, 0.1) is 0 Å². The summed E-state index contributed by atoms with van der Waals surface area (Å²) in [6.45, 7) is 5.25. The molecule has 15 heavy (non-hydrogen) atoms. The number of rotatable bonds is 0. The molecule has 0 unspecified atom stereocenters. The van der Waals surface area contributed by atoms with Gasteiger partial charge in [0.2, 0.25) is 0 Å². The maximum atomic E-state index is 11.4. The summed E-state index contributed by atoms with van der Waals surface area (Å²) in [5.41, 5.74) is 1.28. The highest BCUT2D eigenvalue weighted by atomic mass is 16.2. The fraction of sp³-hybridized carbons (Fsp3) is 0.333. The molecule has 1 heterocycles. The number of carbonyl (C=O) groups is 2. The largest absolute Gasteiger partial charge is 0.278 e. The van der Waals surface area contributed by atoms with Crippen molar-refractivity contribution in [2.75, 3.05) is 7.05 Å². The van der Waals surface area contributed by atoms with E-state index in [0.29, 0.717) is 17.6 Å². The van der Waals surface area contributed by atoms with E-state index in [9.17, 15) is 9.59 Å². The molecule has 0 atom stereocenters. The highest BCUT2D eigenvalue weighted by molar-refractivity contribution is 6.20. The van der Waals surface area contributed by atoms with Crippen LogP contribution < -0.4 is 0 Å². The molecule has 0 radical (unpaired) electrons. The van der Waals surface area contributed by atoms with Crippen molar-refractivity contribution in [1.29, 1.82) is 0 Å². The van der Waals surface area contributed by atoms with E-state index in [4.69, 9.17) is 0 Å². The van der Waals surface area contributed by atoms with Crippen LogP contribution >= 0.6 is 0 Å². The van der Waals surface area contributed by atoms with Gasteiger partial charge in [0.1, 0.15) is 0 Å². The monoisotopic (exact) mass is 205 g/mol. The van der Waals surface area contributed by atoms with Crippen LogP contribution in [0.4, 0.5) is 0 Å². The summed E-state index contributed by atoms with van der Waals surface area (Å²) in [5.74, 6) is -0.287. The summed E-state index contributed by atoms with van der Waals surface area (Å²) in [7, 11) is 1.52. The van der Waals surface area contributed by atoms with E-state index in [1.807, 2.05) is 13.0 Å². The Morgan fingerprint density at radius 1 is 1.40 bits per heavy atom. The molecule has 80 valence electrons. The predicted molar refractivity (Wildman–Crippen MR) is 59.0 cm³/mol. The second kappa shape index (κ2) is 4.73. The first-order chi connectivity index (χ1) is 7.13. The number of hydrogen-bond acceptors (Lipinski definition) is 2. The molecule has 0 fully saturated rings. The molecule has 0 aromatic heterocycles. The number of nitrogens with zero attached hydrogens (tertiary/aromatic N) is 1. The van der Waals surface area contributed by atoms with Crippen LogP contribution in [-0.2, 0) is 9.59 Å². The van der Waals surface area contributed by atoms with Gasteiger partial charge in [0, 0.05) is 18.2 Å². The Bertz CT molecular complexity index is 364. The Morgan fingerprint density at radius 2 is 2.00 bits per heavy atom. The molecule has 2 aliphatic rings. The lowest BCUT2D eigenvalue weighted by atomic mass is 10.00. The zero-order valence-corrected chi connectivity index (χ0v) is 9.12. The minimum atomic E-state index is -0.161. The van der Waals surface area contributed by atoms with Crippen molar-refractivity contribution in [3.63, 3.8) is 0 Å². The minimum Gasteiger partial charge on any atom is -0.278 e. The third-order valence-electron chi connectivity index (χ3n) is 2.27. The van der Waals surface area contributed by atoms with Crippen molar-refractivity contribution < 1.29 is 9.59 Å². The highest BCUT2D eigenvalue weighted by Crippen LogP contribution is 2.27. The van der Waals surface area contributed by atoms with E-state index in [2.05, 4.69) is 6.58 Å². The average molecular weight is 205 g/mol. The summed E-state index contributed by atoms with van der Waals surface area (Å²) in [5, 5.41) is 0. The lowest BCUT2D eigenvalue weighted by Crippen LogP contribution is -2.26. The molecule has 2 rings (SSSR count). The maximum Gasteiger partial charge on any atom is 0.260 e. The molecule has 3 heteroatoms. The van der Waals surface area contributed by atoms with Gasteiger partial charge in [-0.1, -0.05) is 18.2 Å². The molecule has 0 aromatic rings. The van der Waals surface area contributed by atoms with Crippen LogP contribution in [-0.4, -0.2) is 23.8 Å². The van der Waals surface area contributed by atoms with Gasteiger partial charge in [-0.2, -0.15) is 0 Å². The van der Waals surface area contributed by atoms with Gasteiger partial charge in [0.05, 0.1) is 0 Å². The van der Waals surface area contributed by atoms with E-state index >= 15 is 0 Å². The Morgan fingerprint density at radius 3 is 2.53 bits per heavy atom. The topological polar surface area (TPSA) is 37.4 Å². The molecule has 1 aliphatic heterocycles. The van der Waals surface area contributed by atoms with Gasteiger partial charge < -0.3 is 0 Å². The second-order valence-electron chi connectivity index (χ2n) is 3.41. The first-order valence-corrected chi connectivity index (χ1v) is 4.92. The predicted octanol–water partition coefficient (Wildman–Crippen LogP) is 1.82. The molecule has 0 N–H and O–H groups in total. The molecule has 0 saturated carbocycles. The van der Waals surface area contributed by atoms with Crippen molar-refractivity contribution in [3.05, 3.63) is 36.0 Å². The molecular formula is C12H15NO2. The standard InChI is InChI=1S/C9H9NO2.C3H6/c1-10-8(11)6-4-2-3-5-7(6)9(10)12;1-3-2/h2,4H,3,5H2,1H3;3H,1H2,2H3. The molecule has 0 aromatic carbocycles. The smallest absolute Gasteiger partial charge is 0.260 e. The van der Waals surface area contributed by atoms with Crippen molar-refractivity contribution in [2.45, 2.75) is 19.8 Å². The zero-order valence-electron chi connectivity index (χ0n) is 9.12. The van der Waals surface area contributed by atoms with Crippen LogP contribution in [0.1, 0.15) is 19.8 Å². The van der Waals surface area contributed by atoms with Crippen LogP contribution in [0.3, 0.4) is 0 Å². The Kier molecular flexibility index (Phi) is 3.61. The Hall–Kier alpha value is -1.64. The minimum absolute atomic E-state index is 0.126. The third-order valence-corrected chi connectivity index (χ3v) is 2.27. The number of imide groups is 1. The van der Waals surface area contributed by atoms with Gasteiger partial charge in [0.15, 0.2) is 0 Å². The molecule has 1 aliphatic carbocycles. The molecular weight excluding hydrogens is 190 g/mol. The Balaban J connectivity index is 0.000000337. The van der Waals surface area contributed by atoms with E-state index < -0.39 is 0 Å². The normalized spacial score (nSPS) is 18.7. The van der Waals surface area contributed by atoms with E-state index in [-0.39, 0.29) is 11.8 Å². The van der Waals surface area contributed by atoms with E-state index in [1.165, 1.54) is 11.9 Å². The number of hydrogen-bond donors (Lipinski definition) is 0. The lowest BCUT2D eigenvalue weighted by Gasteiger charge is -2.04. The summed E-state index contributed by atoms with van der Waals surface area (Å²) in [4.78, 5) is 23.9. The van der Waals surface area contributed by atoms with Crippen molar-refractivity contribution in [1.82, 2.24) is 4.90 Å². The summed E-state index contributed by atoms with van der Waals surface area (Å²) < 4.78 is 0. The van der Waals surface area contributed by atoms with Crippen LogP contribution in [0.5, 0.6) is 0 Å². The van der Waals surface area contributed by atoms with Crippen molar-refractivity contribution >= 4 is 11.8 Å². The molecule has 2 amide bonds. The molecule has 0 saturated heterocycles. The van der Waals surface area contributed by atoms with Gasteiger partial charge in [-0.05, 0) is 19.8 Å². The van der Waals surface area contributed by atoms with Gasteiger partial charge in [-0.15, -0.1) is 6.58 Å². The maximum absolute atomic E-state index is 11.4. The molecule has 0 spiro atoms. The first kappa shape index (κ1) is 11.4. The third kappa shape index (κ3) is 2.06. The summed E-state index contributed by atoms with van der Waals surface area (Å²) >= 11 is 0. The summed E-state index contributed by atoms with van der Waals surface area (Å²) in [6, 6.07) is 0. The van der Waals surface area contributed by atoms with Crippen LogP contribution in [0.25, 0.3) is 0 Å². The van der Waals surface area contributed by atoms with Gasteiger partial charge in [0.25, 0.3) is 11.8 Å². The van der Waals surface area contributed by atoms with Crippen LogP contribution in [0.2, 0.25) is 0 Å². The van der Waals surface area contributed by atoms with Gasteiger partial charge >= 0.3 is 0 Å². The van der Waals surface area contributed by atoms with Crippen LogP contribution in [0.15, 0.2) is 36.0 Å². The van der Waals surface area contributed by atoms with Gasteiger partial charge in [-0.3, -0.25) is 14.5 Å². The summed E-state index contributed by atoms with van der Waals surface area (Å²) in [6.07, 6.45) is 7.01. The number of carbonyl (C=O) groups excluding carboxylic acids is 2. The number of likely N-dealkylation sites (N-methyl/N-ethyl adjacent to an activating group) is 1. The number of allylic oxidation sites excluding steroid dienone is 2. The lowest BCUT2D eigenvalue weighted by molar-refractivity contribution is -0.135. The number of amides is 2. The van der Waals surface area contributed by atoms with E-state index in [1.54, 1.807) is 12.2 Å². The van der Waals surface area contributed by atoms with Crippen molar-refractivity contribution in [2.24, 2.45) is 0 Å². The fourth-order valence-corrected chi connectivity index (χ4v) is 1.56. The van der Waals surface area contributed by atoms with Gasteiger partial charge in [-0.25, -0.2) is 0 Å². The highest BCUT2D eigenvalue weighted by Gasteiger charge is 2.34. The SMILES string of the molecule is C=CC.CN1C(=O)C2=C(CCC=C2)C1=O. The average Bonchev–Trinajstić information content (AvgIpc) is 2.46.